The number of rotatable bonds is 12. The van der Waals surface area contributed by atoms with Crippen molar-refractivity contribution in [1.82, 2.24) is 5.32 Å². The molecule has 0 aliphatic carbocycles. The molecule has 0 spiro atoms. The fraction of sp³-hybridized carbons (Fsp3) is 0.692. The molecule has 7 heteroatoms. The quantitative estimate of drug-likeness (QED) is 0.254. The standard InChI is InChI=1S/C13H25NO5Si/c1-4-17-20(18-5-2,19-6-3)12-8-10-14-13(16)9-7-11-15/h7,9,11H,4-6,8,10,12H2,1-3H3,(H,14,16)/b9-7-. The molecule has 0 saturated heterocycles. The van der Waals surface area contributed by atoms with E-state index in [1.807, 2.05) is 20.8 Å². The average Bonchev–Trinajstić information content (AvgIpc) is 2.42. The van der Waals surface area contributed by atoms with Gasteiger partial charge >= 0.3 is 8.80 Å². The van der Waals surface area contributed by atoms with Crippen molar-refractivity contribution in [1.29, 1.82) is 0 Å². The molecule has 20 heavy (non-hydrogen) atoms. The van der Waals surface area contributed by atoms with Crippen molar-refractivity contribution >= 4 is 21.0 Å². The lowest BCUT2D eigenvalue weighted by molar-refractivity contribution is -0.116. The Labute approximate surface area is 121 Å². The van der Waals surface area contributed by atoms with Crippen LogP contribution in [-0.4, -0.2) is 47.4 Å². The summed E-state index contributed by atoms with van der Waals surface area (Å²) in [6.07, 6.45) is 3.63. The van der Waals surface area contributed by atoms with Crippen LogP contribution in [-0.2, 0) is 22.9 Å². The number of carbonyl (C=O) groups excluding carboxylic acids is 2. The third-order valence-corrected chi connectivity index (χ3v) is 5.53. The first-order valence-electron chi connectivity index (χ1n) is 6.95. The Morgan fingerprint density at radius 2 is 1.65 bits per heavy atom. The lowest BCUT2D eigenvalue weighted by atomic mass is 10.4. The second-order valence-electron chi connectivity index (χ2n) is 3.87. The van der Waals surface area contributed by atoms with E-state index in [2.05, 4.69) is 5.32 Å². The molecule has 0 aromatic carbocycles. The minimum absolute atomic E-state index is 0.284. The van der Waals surface area contributed by atoms with Gasteiger partial charge in [-0.3, -0.25) is 9.59 Å². The van der Waals surface area contributed by atoms with Crippen LogP contribution >= 0.6 is 0 Å². The molecule has 0 radical (unpaired) electrons. The van der Waals surface area contributed by atoms with Crippen molar-refractivity contribution in [2.75, 3.05) is 26.4 Å². The summed E-state index contributed by atoms with van der Waals surface area (Å²) in [5.74, 6) is -0.284. The molecule has 116 valence electrons. The molecule has 6 nitrogen and oxygen atoms in total. The van der Waals surface area contributed by atoms with Crippen LogP contribution < -0.4 is 5.32 Å². The van der Waals surface area contributed by atoms with Crippen LogP contribution in [0.15, 0.2) is 12.2 Å². The summed E-state index contributed by atoms with van der Waals surface area (Å²) in [5, 5.41) is 2.69. The van der Waals surface area contributed by atoms with Crippen LogP contribution in [0.25, 0.3) is 0 Å². The van der Waals surface area contributed by atoms with Gasteiger partial charge in [0.15, 0.2) is 0 Å². The maximum Gasteiger partial charge on any atom is 0.500 e. The molecule has 0 atom stereocenters. The largest absolute Gasteiger partial charge is 0.500 e. The van der Waals surface area contributed by atoms with Crippen molar-refractivity contribution in [3.8, 4) is 0 Å². The van der Waals surface area contributed by atoms with Gasteiger partial charge in [-0.2, -0.15) is 0 Å². The summed E-state index contributed by atoms with van der Waals surface area (Å²) in [6.45, 7) is 7.84. The highest BCUT2D eigenvalue weighted by Crippen LogP contribution is 2.17. The van der Waals surface area contributed by atoms with Crippen LogP contribution in [0.3, 0.4) is 0 Å². The Balaban J connectivity index is 4.21. The molecule has 1 N–H and O–H groups in total. The molecule has 0 rings (SSSR count). The molecule has 1 amide bonds. The Hall–Kier alpha value is -1.02. The van der Waals surface area contributed by atoms with E-state index in [4.69, 9.17) is 13.3 Å². The third-order valence-electron chi connectivity index (χ3n) is 2.38. The summed E-state index contributed by atoms with van der Waals surface area (Å²) in [5.41, 5.74) is 0. The monoisotopic (exact) mass is 303 g/mol. The van der Waals surface area contributed by atoms with E-state index in [9.17, 15) is 9.59 Å². The topological polar surface area (TPSA) is 73.9 Å². The van der Waals surface area contributed by atoms with E-state index in [1.165, 1.54) is 6.08 Å². The molecule has 0 unspecified atom stereocenters. The fourth-order valence-electron chi connectivity index (χ4n) is 1.70. The number of allylic oxidation sites excluding steroid dienone is 1. The fourth-order valence-corrected chi connectivity index (χ4v) is 4.32. The van der Waals surface area contributed by atoms with Crippen LogP contribution in [0.1, 0.15) is 27.2 Å². The molecule has 0 heterocycles. The van der Waals surface area contributed by atoms with E-state index in [-0.39, 0.29) is 5.91 Å². The molecular formula is C13H25NO5Si. The predicted molar refractivity (Wildman–Crippen MR) is 78.3 cm³/mol. The van der Waals surface area contributed by atoms with E-state index in [1.54, 1.807) is 0 Å². The van der Waals surface area contributed by atoms with Gasteiger partial charge in [-0.05, 0) is 33.3 Å². The number of hydrogen-bond donors (Lipinski definition) is 1. The molecule has 0 aliphatic heterocycles. The third kappa shape index (κ3) is 8.21. The molecule has 0 fully saturated rings. The molecule has 0 saturated carbocycles. The summed E-state index contributed by atoms with van der Waals surface area (Å²) < 4.78 is 17.1. The first kappa shape index (κ1) is 19.0. The maximum atomic E-state index is 11.3. The van der Waals surface area contributed by atoms with E-state index in [0.29, 0.717) is 45.1 Å². The number of carbonyl (C=O) groups is 2. The lowest BCUT2D eigenvalue weighted by Gasteiger charge is -2.28. The van der Waals surface area contributed by atoms with Gasteiger partial charge in [0.1, 0.15) is 6.29 Å². The summed E-state index contributed by atoms with van der Waals surface area (Å²) in [4.78, 5) is 21.3. The summed E-state index contributed by atoms with van der Waals surface area (Å²) in [7, 11) is -2.62. The van der Waals surface area contributed by atoms with Crippen LogP contribution in [0.2, 0.25) is 6.04 Å². The van der Waals surface area contributed by atoms with Gasteiger partial charge in [-0.15, -0.1) is 0 Å². The smallest absolute Gasteiger partial charge is 0.374 e. The number of amides is 1. The van der Waals surface area contributed by atoms with Crippen LogP contribution in [0, 0.1) is 0 Å². The Morgan fingerprint density at radius 3 is 2.10 bits per heavy atom. The van der Waals surface area contributed by atoms with Crippen molar-refractivity contribution in [2.24, 2.45) is 0 Å². The van der Waals surface area contributed by atoms with E-state index in [0.717, 1.165) is 6.08 Å². The van der Waals surface area contributed by atoms with Gasteiger partial charge in [0.25, 0.3) is 0 Å². The van der Waals surface area contributed by atoms with Crippen molar-refractivity contribution in [2.45, 2.75) is 33.2 Å². The molecular weight excluding hydrogens is 278 g/mol. The highest BCUT2D eigenvalue weighted by Gasteiger charge is 2.39. The minimum Gasteiger partial charge on any atom is -0.374 e. The van der Waals surface area contributed by atoms with Gasteiger partial charge in [0, 0.05) is 38.5 Å². The predicted octanol–water partition coefficient (Wildman–Crippen LogP) is 1.30. The van der Waals surface area contributed by atoms with Gasteiger partial charge < -0.3 is 18.6 Å². The van der Waals surface area contributed by atoms with Gasteiger partial charge in [-0.25, -0.2) is 0 Å². The van der Waals surface area contributed by atoms with E-state index < -0.39 is 8.80 Å². The molecule has 0 aromatic rings. The van der Waals surface area contributed by atoms with Crippen molar-refractivity contribution in [3.63, 3.8) is 0 Å². The second-order valence-corrected chi connectivity index (χ2v) is 6.60. The number of aldehydes is 1. The maximum absolute atomic E-state index is 11.3. The number of hydrogen-bond acceptors (Lipinski definition) is 5. The number of nitrogens with one attached hydrogen (secondary N) is 1. The summed E-state index contributed by atoms with van der Waals surface area (Å²) >= 11 is 0. The Bertz CT molecular complexity index is 292. The van der Waals surface area contributed by atoms with Crippen LogP contribution in [0.5, 0.6) is 0 Å². The van der Waals surface area contributed by atoms with Crippen molar-refractivity contribution in [3.05, 3.63) is 12.2 Å². The van der Waals surface area contributed by atoms with Gasteiger partial charge in [0.2, 0.25) is 5.91 Å². The Morgan fingerprint density at radius 1 is 1.10 bits per heavy atom. The van der Waals surface area contributed by atoms with Crippen LogP contribution in [0.4, 0.5) is 0 Å². The first-order chi connectivity index (χ1) is 9.64. The normalized spacial score (nSPS) is 11.8. The Kier molecular flexibility index (Phi) is 11.2. The van der Waals surface area contributed by atoms with E-state index >= 15 is 0 Å². The lowest BCUT2D eigenvalue weighted by Crippen LogP contribution is -2.46. The zero-order chi connectivity index (χ0) is 15.3. The van der Waals surface area contributed by atoms with Crippen molar-refractivity contribution < 1.29 is 22.9 Å². The zero-order valence-corrected chi connectivity index (χ0v) is 13.5. The molecule has 0 aliphatic rings. The van der Waals surface area contributed by atoms with Gasteiger partial charge in [-0.1, -0.05) is 0 Å². The molecule has 0 bridgehead atoms. The highest BCUT2D eigenvalue weighted by molar-refractivity contribution is 6.60. The average molecular weight is 303 g/mol. The zero-order valence-electron chi connectivity index (χ0n) is 12.5. The second kappa shape index (κ2) is 11.8. The summed E-state index contributed by atoms with van der Waals surface area (Å²) in [6, 6.07) is 0.653. The SMILES string of the molecule is CCO[Si](CCCNC(=O)/C=C\C=O)(OCC)OCC. The molecule has 0 aromatic heterocycles. The highest BCUT2D eigenvalue weighted by atomic mass is 28.4. The van der Waals surface area contributed by atoms with Gasteiger partial charge in [0.05, 0.1) is 0 Å². The first-order valence-corrected chi connectivity index (χ1v) is 8.88. The minimum atomic E-state index is -2.62.